The maximum atomic E-state index is 13.1. The summed E-state index contributed by atoms with van der Waals surface area (Å²) in [6, 6.07) is 31.7. The van der Waals surface area contributed by atoms with E-state index in [-0.39, 0.29) is 11.2 Å². The zero-order valence-electron chi connectivity index (χ0n) is 24.9. The van der Waals surface area contributed by atoms with Gasteiger partial charge in [0.1, 0.15) is 17.1 Å². The third-order valence-electron chi connectivity index (χ3n) is 7.70. The van der Waals surface area contributed by atoms with Gasteiger partial charge in [0.05, 0.1) is 60.3 Å². The molecule has 0 amide bonds. The molecule has 9 heteroatoms. The molecule has 0 spiro atoms. The number of aromatic hydroxyl groups is 1. The third kappa shape index (κ3) is 6.39. The molecule has 1 aromatic carbocycles. The first kappa shape index (κ1) is 28.7. The van der Waals surface area contributed by atoms with Gasteiger partial charge in [-0.2, -0.15) is 0 Å². The number of nitrogens with zero attached hydrogens (tertiary/aromatic N) is 6. The number of anilines is 2. The van der Waals surface area contributed by atoms with Gasteiger partial charge in [-0.3, -0.25) is 24.7 Å². The lowest BCUT2D eigenvalue weighted by Crippen LogP contribution is -2.25. The topological polar surface area (TPSA) is 108 Å². The Balaban J connectivity index is 1.40. The number of rotatable bonds is 10. The van der Waals surface area contributed by atoms with E-state index in [9.17, 15) is 9.90 Å². The Bertz CT molecular complexity index is 2010. The van der Waals surface area contributed by atoms with Gasteiger partial charge in [0.2, 0.25) is 0 Å². The lowest BCUT2D eigenvalue weighted by atomic mass is 10.0. The van der Waals surface area contributed by atoms with Gasteiger partial charge in [-0.25, -0.2) is 0 Å². The van der Waals surface area contributed by atoms with E-state index in [1.165, 1.54) is 6.07 Å². The molecule has 226 valence electrons. The molecule has 0 bridgehead atoms. The summed E-state index contributed by atoms with van der Waals surface area (Å²) in [6.45, 7) is 1.82. The van der Waals surface area contributed by atoms with E-state index in [1.54, 1.807) is 43.0 Å². The fourth-order valence-electron chi connectivity index (χ4n) is 5.63. The molecule has 1 N–H and O–H groups in total. The van der Waals surface area contributed by atoms with Gasteiger partial charge >= 0.3 is 0 Å². The van der Waals surface area contributed by atoms with Crippen LogP contribution in [0.25, 0.3) is 22.3 Å². The van der Waals surface area contributed by atoms with E-state index in [1.807, 2.05) is 78.9 Å². The Morgan fingerprint density at radius 2 is 1.04 bits per heavy atom. The summed E-state index contributed by atoms with van der Waals surface area (Å²) < 4.78 is 6.41. The maximum absolute atomic E-state index is 13.1. The van der Waals surface area contributed by atoms with Crippen molar-refractivity contribution in [2.45, 2.75) is 26.2 Å². The molecule has 7 rings (SSSR count). The van der Waals surface area contributed by atoms with Crippen molar-refractivity contribution in [2.75, 3.05) is 9.80 Å². The number of fused-ring (bicyclic) bond motifs is 2. The fourth-order valence-corrected chi connectivity index (χ4v) is 5.63. The van der Waals surface area contributed by atoms with Crippen LogP contribution in [0.2, 0.25) is 0 Å². The molecule has 1 aliphatic heterocycles. The highest BCUT2D eigenvalue weighted by atomic mass is 16.3. The predicted molar refractivity (Wildman–Crippen MR) is 177 cm³/mol. The van der Waals surface area contributed by atoms with E-state index >= 15 is 0 Å². The maximum Gasteiger partial charge on any atom is 0.184 e. The second kappa shape index (κ2) is 12.9. The SMILES string of the molecule is O=c1cc2oc3cc(O)cc(N(Cc4ccccn4)Cc4ccccn4)c3cc-2c(N(Cc2ccccn2)Cc2ccccn2)c1. The van der Waals surface area contributed by atoms with Crippen LogP contribution in [-0.4, -0.2) is 25.0 Å². The zero-order chi connectivity index (χ0) is 31.3. The lowest BCUT2D eigenvalue weighted by Gasteiger charge is -2.28. The first-order valence-corrected chi connectivity index (χ1v) is 14.9. The van der Waals surface area contributed by atoms with Crippen molar-refractivity contribution >= 4 is 22.3 Å². The molecular weight excluding hydrogens is 576 g/mol. The van der Waals surface area contributed by atoms with Crippen LogP contribution in [-0.2, 0) is 26.2 Å². The van der Waals surface area contributed by atoms with E-state index < -0.39 is 0 Å². The van der Waals surface area contributed by atoms with E-state index in [0.717, 1.165) is 39.4 Å². The van der Waals surface area contributed by atoms with Crippen molar-refractivity contribution in [2.24, 2.45) is 0 Å². The second-order valence-corrected chi connectivity index (χ2v) is 11.0. The molecule has 4 aromatic heterocycles. The van der Waals surface area contributed by atoms with Crippen LogP contribution in [0.5, 0.6) is 5.75 Å². The van der Waals surface area contributed by atoms with Crippen LogP contribution >= 0.6 is 0 Å². The van der Waals surface area contributed by atoms with Crippen molar-refractivity contribution in [3.8, 4) is 17.1 Å². The molecule has 46 heavy (non-hydrogen) atoms. The summed E-state index contributed by atoms with van der Waals surface area (Å²) in [5.41, 5.74) is 5.88. The molecule has 1 aliphatic carbocycles. The summed E-state index contributed by atoms with van der Waals surface area (Å²) in [7, 11) is 0. The standard InChI is InChI=1S/C37H30N6O3/c44-30-17-34(42(22-26-9-1-5-13-38-26)23-27-10-2-6-14-39-27)32-21-33-35(18-31(45)20-37(33)46-36(32)19-30)43(24-28-11-3-7-15-40-28)25-29-12-4-8-16-41-29/h1-21,44H,22-25H2. The van der Waals surface area contributed by atoms with Crippen LogP contribution in [0.3, 0.4) is 0 Å². The summed E-state index contributed by atoms with van der Waals surface area (Å²) >= 11 is 0. The highest BCUT2D eigenvalue weighted by molar-refractivity contribution is 5.97. The molecule has 5 aromatic rings. The molecule has 0 saturated heterocycles. The minimum Gasteiger partial charge on any atom is -0.508 e. The van der Waals surface area contributed by atoms with Gasteiger partial charge in [0.15, 0.2) is 5.43 Å². The average molecular weight is 607 g/mol. The monoisotopic (exact) mass is 606 g/mol. The number of phenols is 1. The molecule has 5 heterocycles. The summed E-state index contributed by atoms with van der Waals surface area (Å²) in [5, 5.41) is 11.7. The molecule has 9 nitrogen and oxygen atoms in total. The zero-order valence-corrected chi connectivity index (χ0v) is 24.9. The van der Waals surface area contributed by atoms with Crippen molar-refractivity contribution in [3.63, 3.8) is 0 Å². The van der Waals surface area contributed by atoms with Crippen LogP contribution in [0, 0.1) is 0 Å². The van der Waals surface area contributed by atoms with Crippen molar-refractivity contribution in [3.05, 3.63) is 161 Å². The van der Waals surface area contributed by atoms with Crippen molar-refractivity contribution in [1.82, 2.24) is 19.9 Å². The smallest absolute Gasteiger partial charge is 0.184 e. The highest BCUT2D eigenvalue weighted by Gasteiger charge is 2.23. The van der Waals surface area contributed by atoms with Crippen LogP contribution in [0.1, 0.15) is 22.8 Å². The molecule has 0 unspecified atom stereocenters. The van der Waals surface area contributed by atoms with Crippen molar-refractivity contribution < 1.29 is 9.52 Å². The number of pyridine rings is 4. The normalized spacial score (nSPS) is 11.1. The van der Waals surface area contributed by atoms with Gasteiger partial charge in [-0.05, 0) is 54.6 Å². The second-order valence-electron chi connectivity index (χ2n) is 11.0. The summed E-state index contributed by atoms with van der Waals surface area (Å²) in [4.78, 5) is 35.6. The first-order valence-electron chi connectivity index (χ1n) is 14.9. The van der Waals surface area contributed by atoms with Crippen LogP contribution in [0.15, 0.2) is 137 Å². The summed E-state index contributed by atoms with van der Waals surface area (Å²) in [6.07, 6.45) is 7.05. The Morgan fingerprint density at radius 1 is 0.565 bits per heavy atom. The fraction of sp³-hybridized carbons (Fsp3) is 0.108. The molecule has 0 saturated carbocycles. The Hall–Kier alpha value is -6.09. The van der Waals surface area contributed by atoms with Crippen molar-refractivity contribution in [1.29, 1.82) is 0 Å². The van der Waals surface area contributed by atoms with Gasteiger partial charge in [-0.1, -0.05) is 24.3 Å². The third-order valence-corrected chi connectivity index (χ3v) is 7.70. The van der Waals surface area contributed by atoms with Gasteiger partial charge in [0, 0.05) is 60.0 Å². The molecule has 0 atom stereocenters. The molecule has 0 fully saturated rings. The Labute approximate surface area is 265 Å². The first-order chi connectivity index (χ1) is 22.6. The van der Waals surface area contributed by atoms with Crippen LogP contribution < -0.4 is 15.2 Å². The van der Waals surface area contributed by atoms with Gasteiger partial charge in [0.25, 0.3) is 0 Å². The minimum absolute atomic E-state index is 0.0445. The van der Waals surface area contributed by atoms with E-state index in [2.05, 4.69) is 29.7 Å². The van der Waals surface area contributed by atoms with Gasteiger partial charge in [-0.15, -0.1) is 0 Å². The quantitative estimate of drug-likeness (QED) is 0.172. The highest BCUT2D eigenvalue weighted by Crippen LogP contribution is 2.41. The van der Waals surface area contributed by atoms with E-state index in [4.69, 9.17) is 4.42 Å². The summed E-state index contributed by atoms with van der Waals surface area (Å²) in [5.74, 6) is 0.461. The van der Waals surface area contributed by atoms with Crippen LogP contribution in [0.4, 0.5) is 11.4 Å². The predicted octanol–water partition coefficient (Wildman–Crippen LogP) is 6.60. The Morgan fingerprint density at radius 3 is 1.50 bits per heavy atom. The Kier molecular flexibility index (Phi) is 8.02. The number of phenolic OH excluding ortho intramolecular Hbond substituents is 1. The minimum atomic E-state index is -0.190. The lowest BCUT2D eigenvalue weighted by molar-refractivity contribution is 0.474. The largest absolute Gasteiger partial charge is 0.508 e. The number of hydrogen-bond donors (Lipinski definition) is 1. The molecule has 2 aliphatic rings. The van der Waals surface area contributed by atoms with E-state index in [0.29, 0.717) is 43.2 Å². The average Bonchev–Trinajstić information content (AvgIpc) is 3.08. The molecular formula is C37H30N6O3. The van der Waals surface area contributed by atoms with Gasteiger partial charge < -0.3 is 19.3 Å². The number of benzene rings is 2. The number of hydrogen-bond acceptors (Lipinski definition) is 9. The molecule has 0 radical (unpaired) electrons. The number of aromatic nitrogens is 4.